The first-order chi connectivity index (χ1) is 8.75. The number of aliphatic hydroxyl groups is 1. The zero-order chi connectivity index (χ0) is 12.5. The van der Waals surface area contributed by atoms with Crippen LogP contribution >= 0.6 is 0 Å². The number of hydrogen-bond donors (Lipinski definition) is 1. The fourth-order valence-corrected chi connectivity index (χ4v) is 2.52. The van der Waals surface area contributed by atoms with Crippen LogP contribution in [0.4, 0.5) is 0 Å². The summed E-state index contributed by atoms with van der Waals surface area (Å²) in [4.78, 5) is 0. The number of aliphatic hydroxyl groups excluding tert-OH is 1. The van der Waals surface area contributed by atoms with Gasteiger partial charge in [0, 0.05) is 5.92 Å². The Balaban J connectivity index is 2.00. The molecule has 0 bridgehead atoms. The minimum absolute atomic E-state index is 0.0560. The first kappa shape index (κ1) is 11.2. The highest BCUT2D eigenvalue weighted by atomic mass is 16.3. The molecule has 0 aliphatic heterocycles. The van der Waals surface area contributed by atoms with Crippen molar-refractivity contribution in [3.05, 3.63) is 76.9 Å². The van der Waals surface area contributed by atoms with Crippen LogP contribution in [-0.4, -0.2) is 5.11 Å². The van der Waals surface area contributed by atoms with Gasteiger partial charge in [-0.3, -0.25) is 0 Å². The summed E-state index contributed by atoms with van der Waals surface area (Å²) in [6.45, 7) is 2.08. The first-order valence-corrected chi connectivity index (χ1v) is 6.27. The average molecular weight is 236 g/mol. The van der Waals surface area contributed by atoms with Gasteiger partial charge in [0.15, 0.2) is 0 Å². The van der Waals surface area contributed by atoms with Gasteiger partial charge in [0.2, 0.25) is 0 Å². The minimum atomic E-state index is -0.450. The molecule has 2 aromatic rings. The fourth-order valence-electron chi connectivity index (χ4n) is 2.52. The third kappa shape index (κ3) is 1.87. The maximum atomic E-state index is 10.5. The number of fused-ring (bicyclic) bond motifs is 1. The van der Waals surface area contributed by atoms with E-state index in [1.54, 1.807) is 0 Å². The number of rotatable bonds is 1. The van der Waals surface area contributed by atoms with Crippen LogP contribution in [0.1, 0.15) is 34.3 Å². The second-order valence-electron chi connectivity index (χ2n) is 4.87. The Labute approximate surface area is 107 Å². The summed E-state index contributed by atoms with van der Waals surface area (Å²) in [5.41, 5.74) is 4.55. The number of benzene rings is 2. The molecular weight excluding hydrogens is 220 g/mol. The summed E-state index contributed by atoms with van der Waals surface area (Å²) in [5, 5.41) is 10.5. The third-order valence-corrected chi connectivity index (χ3v) is 3.60. The molecule has 1 aliphatic carbocycles. The molecule has 18 heavy (non-hydrogen) atoms. The topological polar surface area (TPSA) is 20.2 Å². The van der Waals surface area contributed by atoms with Crippen LogP contribution in [0.25, 0.3) is 6.08 Å². The minimum Gasteiger partial charge on any atom is -0.387 e. The van der Waals surface area contributed by atoms with Crippen LogP contribution in [0.15, 0.2) is 54.6 Å². The Morgan fingerprint density at radius 3 is 2.44 bits per heavy atom. The van der Waals surface area contributed by atoms with Crippen LogP contribution < -0.4 is 0 Å². The van der Waals surface area contributed by atoms with Gasteiger partial charge in [0.1, 0.15) is 0 Å². The monoisotopic (exact) mass is 236 g/mol. The Bertz CT molecular complexity index is 581. The van der Waals surface area contributed by atoms with Crippen LogP contribution in [0, 0.1) is 6.92 Å². The Kier molecular flexibility index (Phi) is 2.77. The van der Waals surface area contributed by atoms with E-state index < -0.39 is 6.10 Å². The van der Waals surface area contributed by atoms with E-state index in [0.717, 1.165) is 11.1 Å². The van der Waals surface area contributed by atoms with Crippen molar-refractivity contribution < 1.29 is 5.11 Å². The molecule has 1 heteroatoms. The van der Waals surface area contributed by atoms with Gasteiger partial charge in [0.05, 0.1) is 6.10 Å². The van der Waals surface area contributed by atoms with Gasteiger partial charge in [-0.15, -0.1) is 0 Å². The molecular formula is C17H16O. The number of hydrogen-bond acceptors (Lipinski definition) is 1. The average Bonchev–Trinajstić information content (AvgIpc) is 2.41. The Morgan fingerprint density at radius 2 is 1.67 bits per heavy atom. The van der Waals surface area contributed by atoms with E-state index in [0.29, 0.717) is 0 Å². The van der Waals surface area contributed by atoms with Crippen molar-refractivity contribution in [2.75, 3.05) is 0 Å². The van der Waals surface area contributed by atoms with Crippen LogP contribution in [0.2, 0.25) is 0 Å². The molecule has 3 rings (SSSR count). The maximum Gasteiger partial charge on any atom is 0.0899 e. The van der Waals surface area contributed by atoms with Gasteiger partial charge < -0.3 is 5.11 Å². The summed E-state index contributed by atoms with van der Waals surface area (Å²) in [6, 6.07) is 16.4. The van der Waals surface area contributed by atoms with E-state index >= 15 is 0 Å². The van der Waals surface area contributed by atoms with Crippen molar-refractivity contribution >= 4 is 6.08 Å². The molecule has 0 unspecified atom stereocenters. The predicted octanol–water partition coefficient (Wildman–Crippen LogP) is 3.84. The summed E-state index contributed by atoms with van der Waals surface area (Å²) in [6.07, 6.45) is 3.75. The van der Waals surface area contributed by atoms with E-state index in [1.165, 1.54) is 11.1 Å². The highest BCUT2D eigenvalue weighted by Gasteiger charge is 2.24. The van der Waals surface area contributed by atoms with Crippen molar-refractivity contribution in [3.63, 3.8) is 0 Å². The molecule has 2 aromatic carbocycles. The highest BCUT2D eigenvalue weighted by Crippen LogP contribution is 2.38. The highest BCUT2D eigenvalue weighted by molar-refractivity contribution is 5.59. The molecule has 0 saturated carbocycles. The van der Waals surface area contributed by atoms with Crippen LogP contribution in [0.3, 0.4) is 0 Å². The lowest BCUT2D eigenvalue weighted by Crippen LogP contribution is -2.13. The van der Waals surface area contributed by atoms with Gasteiger partial charge >= 0.3 is 0 Å². The molecule has 0 saturated heterocycles. The maximum absolute atomic E-state index is 10.5. The first-order valence-electron chi connectivity index (χ1n) is 6.27. The summed E-state index contributed by atoms with van der Waals surface area (Å²) < 4.78 is 0. The predicted molar refractivity (Wildman–Crippen MR) is 74.4 cm³/mol. The van der Waals surface area contributed by atoms with Crippen molar-refractivity contribution in [3.8, 4) is 0 Å². The summed E-state index contributed by atoms with van der Waals surface area (Å²) in [5.74, 6) is 0.0560. The normalized spacial score (nSPS) is 21.7. The quantitative estimate of drug-likeness (QED) is 0.797. The molecule has 0 spiro atoms. The van der Waals surface area contributed by atoms with Gasteiger partial charge in [-0.05, 0) is 23.6 Å². The second-order valence-corrected chi connectivity index (χ2v) is 4.87. The largest absolute Gasteiger partial charge is 0.387 e. The zero-order valence-electron chi connectivity index (χ0n) is 10.4. The molecule has 2 atom stereocenters. The van der Waals surface area contributed by atoms with Crippen molar-refractivity contribution in [2.45, 2.75) is 18.9 Å². The van der Waals surface area contributed by atoms with Crippen LogP contribution in [0.5, 0.6) is 0 Å². The van der Waals surface area contributed by atoms with Crippen LogP contribution in [-0.2, 0) is 0 Å². The van der Waals surface area contributed by atoms with E-state index in [4.69, 9.17) is 0 Å². The molecule has 1 nitrogen and oxygen atoms in total. The van der Waals surface area contributed by atoms with Gasteiger partial charge in [-0.2, -0.15) is 0 Å². The second kappa shape index (κ2) is 4.43. The molecule has 0 radical (unpaired) electrons. The summed E-state index contributed by atoms with van der Waals surface area (Å²) in [7, 11) is 0. The Morgan fingerprint density at radius 1 is 0.944 bits per heavy atom. The van der Waals surface area contributed by atoms with E-state index in [-0.39, 0.29) is 5.92 Å². The Hall–Kier alpha value is -1.86. The molecule has 90 valence electrons. The van der Waals surface area contributed by atoms with Crippen molar-refractivity contribution in [1.82, 2.24) is 0 Å². The van der Waals surface area contributed by atoms with Crippen molar-refractivity contribution in [1.29, 1.82) is 0 Å². The van der Waals surface area contributed by atoms with E-state index in [2.05, 4.69) is 43.3 Å². The van der Waals surface area contributed by atoms with E-state index in [9.17, 15) is 5.11 Å². The van der Waals surface area contributed by atoms with E-state index in [1.807, 2.05) is 24.3 Å². The molecule has 0 aromatic heterocycles. The molecule has 1 aliphatic rings. The SMILES string of the molecule is Cc1ccc([C@@H]2C=Cc3ccccc3[C@H]2O)cc1. The molecule has 0 heterocycles. The molecule has 0 amide bonds. The smallest absolute Gasteiger partial charge is 0.0899 e. The number of aryl methyl sites for hydroxylation is 1. The molecule has 1 N–H and O–H groups in total. The van der Waals surface area contributed by atoms with Crippen molar-refractivity contribution in [2.24, 2.45) is 0 Å². The lowest BCUT2D eigenvalue weighted by atomic mass is 9.82. The summed E-state index contributed by atoms with van der Waals surface area (Å²) >= 11 is 0. The zero-order valence-corrected chi connectivity index (χ0v) is 10.4. The van der Waals surface area contributed by atoms with Gasteiger partial charge in [-0.1, -0.05) is 66.2 Å². The molecule has 0 fully saturated rings. The fraction of sp³-hybridized carbons (Fsp3) is 0.176. The lowest BCUT2D eigenvalue weighted by Gasteiger charge is -2.26. The van der Waals surface area contributed by atoms with Gasteiger partial charge in [-0.25, -0.2) is 0 Å². The third-order valence-electron chi connectivity index (χ3n) is 3.60. The lowest BCUT2D eigenvalue weighted by molar-refractivity contribution is 0.160. The standard InChI is InChI=1S/C17H16O/c1-12-6-8-14(9-7-12)16-11-10-13-4-2-3-5-15(13)17(16)18/h2-11,16-18H,1H3/t16-,17+/m0/s1. The van der Waals surface area contributed by atoms with Gasteiger partial charge in [0.25, 0.3) is 0 Å².